The lowest BCUT2D eigenvalue weighted by Gasteiger charge is -2.35. The number of morpholine rings is 1. The zero-order valence-electron chi connectivity index (χ0n) is 15.9. The van der Waals surface area contributed by atoms with E-state index in [1.807, 2.05) is 31.2 Å². The van der Waals surface area contributed by atoms with Crippen molar-refractivity contribution >= 4 is 17.6 Å². The number of rotatable bonds is 7. The van der Waals surface area contributed by atoms with E-state index in [1.54, 1.807) is 0 Å². The third-order valence-corrected chi connectivity index (χ3v) is 4.14. The summed E-state index contributed by atoms with van der Waals surface area (Å²) in [5, 5.41) is 8.16. The molecule has 0 radical (unpaired) electrons. The van der Waals surface area contributed by atoms with Crippen LogP contribution in [0.25, 0.3) is 0 Å². The number of nitrogens with one attached hydrogen (secondary N) is 3. The van der Waals surface area contributed by atoms with Gasteiger partial charge in [-0.3, -0.25) is 9.69 Å². The predicted molar refractivity (Wildman–Crippen MR) is 102 cm³/mol. The fourth-order valence-corrected chi connectivity index (χ4v) is 3.09. The molecule has 0 aromatic heterocycles. The topological polar surface area (TPSA) is 82.7 Å². The van der Waals surface area contributed by atoms with Crippen LogP contribution in [0.5, 0.6) is 0 Å². The van der Waals surface area contributed by atoms with Gasteiger partial charge in [-0.1, -0.05) is 25.1 Å². The van der Waals surface area contributed by atoms with Gasteiger partial charge in [0.05, 0.1) is 18.8 Å². The van der Waals surface area contributed by atoms with E-state index in [0.29, 0.717) is 6.54 Å². The van der Waals surface area contributed by atoms with Crippen molar-refractivity contribution in [2.24, 2.45) is 0 Å². The number of ether oxygens (including phenoxy) is 1. The molecule has 7 heteroatoms. The molecule has 1 aromatic carbocycles. The fourth-order valence-electron chi connectivity index (χ4n) is 3.09. The van der Waals surface area contributed by atoms with Gasteiger partial charge in [-0.15, -0.1) is 0 Å². The Morgan fingerprint density at radius 3 is 2.54 bits per heavy atom. The SMILES string of the molecule is CCCNC(=O)CNC(=O)Nc1ccccc1CN1CC(C)OC(C)C1. The second kappa shape index (κ2) is 10.1. The van der Waals surface area contributed by atoms with Crippen LogP contribution in [0.1, 0.15) is 32.8 Å². The summed E-state index contributed by atoms with van der Waals surface area (Å²) in [6, 6.07) is 7.35. The average molecular weight is 362 g/mol. The van der Waals surface area contributed by atoms with Crippen LogP contribution in [0, 0.1) is 0 Å². The number of hydrogen-bond acceptors (Lipinski definition) is 4. The van der Waals surface area contributed by atoms with Crippen molar-refractivity contribution in [1.82, 2.24) is 15.5 Å². The Kier molecular flexibility index (Phi) is 7.87. The highest BCUT2D eigenvalue weighted by Gasteiger charge is 2.22. The largest absolute Gasteiger partial charge is 0.373 e. The minimum atomic E-state index is -0.382. The number of urea groups is 1. The van der Waals surface area contributed by atoms with E-state index >= 15 is 0 Å². The number of benzene rings is 1. The summed E-state index contributed by atoms with van der Waals surface area (Å²) in [6.45, 7) is 9.17. The van der Waals surface area contributed by atoms with Crippen LogP contribution in [0.3, 0.4) is 0 Å². The van der Waals surface area contributed by atoms with Gasteiger partial charge in [0.2, 0.25) is 5.91 Å². The van der Waals surface area contributed by atoms with E-state index in [0.717, 1.165) is 37.3 Å². The zero-order chi connectivity index (χ0) is 18.9. The van der Waals surface area contributed by atoms with Gasteiger partial charge in [0.15, 0.2) is 0 Å². The molecule has 1 heterocycles. The summed E-state index contributed by atoms with van der Waals surface area (Å²) in [7, 11) is 0. The Balaban J connectivity index is 1.89. The minimum Gasteiger partial charge on any atom is -0.373 e. The molecule has 7 nitrogen and oxygen atoms in total. The maximum absolute atomic E-state index is 12.1. The maximum Gasteiger partial charge on any atom is 0.319 e. The van der Waals surface area contributed by atoms with Crippen LogP contribution in [-0.2, 0) is 16.1 Å². The number of hydrogen-bond donors (Lipinski definition) is 3. The first-order chi connectivity index (χ1) is 12.5. The lowest BCUT2D eigenvalue weighted by atomic mass is 10.1. The van der Waals surface area contributed by atoms with Crippen LogP contribution < -0.4 is 16.0 Å². The number of anilines is 1. The Bertz CT molecular complexity index is 598. The molecule has 1 aliphatic rings. The van der Waals surface area contributed by atoms with Gasteiger partial charge in [-0.25, -0.2) is 4.79 Å². The molecule has 1 fully saturated rings. The molecule has 2 atom stereocenters. The van der Waals surface area contributed by atoms with E-state index in [9.17, 15) is 9.59 Å². The van der Waals surface area contributed by atoms with Gasteiger partial charge in [-0.05, 0) is 31.9 Å². The third-order valence-electron chi connectivity index (χ3n) is 4.14. The molecule has 0 saturated carbocycles. The Morgan fingerprint density at radius 2 is 1.85 bits per heavy atom. The van der Waals surface area contributed by atoms with Crippen molar-refractivity contribution in [3.8, 4) is 0 Å². The predicted octanol–water partition coefficient (Wildman–Crippen LogP) is 1.94. The molecule has 0 spiro atoms. The van der Waals surface area contributed by atoms with Crippen LogP contribution in [0.15, 0.2) is 24.3 Å². The van der Waals surface area contributed by atoms with Crippen molar-refractivity contribution in [2.45, 2.75) is 45.9 Å². The molecule has 1 aromatic rings. The molecule has 3 amide bonds. The quantitative estimate of drug-likeness (QED) is 0.692. The first-order valence-corrected chi connectivity index (χ1v) is 9.25. The van der Waals surface area contributed by atoms with E-state index in [4.69, 9.17) is 4.74 Å². The van der Waals surface area contributed by atoms with Crippen LogP contribution in [-0.4, -0.2) is 55.2 Å². The van der Waals surface area contributed by atoms with E-state index in [2.05, 4.69) is 34.7 Å². The smallest absolute Gasteiger partial charge is 0.319 e. The second-order valence-corrected chi connectivity index (χ2v) is 6.77. The molecule has 0 aliphatic carbocycles. The van der Waals surface area contributed by atoms with Crippen molar-refractivity contribution in [1.29, 1.82) is 0 Å². The monoisotopic (exact) mass is 362 g/mol. The number of amides is 3. The van der Waals surface area contributed by atoms with Crippen molar-refractivity contribution in [3.63, 3.8) is 0 Å². The van der Waals surface area contributed by atoms with E-state index < -0.39 is 0 Å². The normalized spacial score (nSPS) is 20.4. The standard InChI is InChI=1S/C19H30N4O3/c1-4-9-20-18(24)10-21-19(25)22-17-8-6-5-7-16(17)13-23-11-14(2)26-15(3)12-23/h5-8,14-15H,4,9-13H2,1-3H3,(H,20,24)(H2,21,22,25). The van der Waals surface area contributed by atoms with Gasteiger partial charge in [0.25, 0.3) is 0 Å². The van der Waals surface area contributed by atoms with E-state index in [1.165, 1.54) is 0 Å². The number of para-hydroxylation sites is 1. The second-order valence-electron chi connectivity index (χ2n) is 6.77. The molecule has 1 aliphatic heterocycles. The summed E-state index contributed by atoms with van der Waals surface area (Å²) in [5.74, 6) is -0.188. The number of carbonyl (C=O) groups is 2. The Morgan fingerprint density at radius 1 is 1.15 bits per heavy atom. The third kappa shape index (κ3) is 6.65. The first-order valence-electron chi connectivity index (χ1n) is 9.25. The maximum atomic E-state index is 12.1. The van der Waals surface area contributed by atoms with E-state index in [-0.39, 0.29) is 30.7 Å². The Hall–Kier alpha value is -2.12. The molecule has 3 N–H and O–H groups in total. The fraction of sp³-hybridized carbons (Fsp3) is 0.579. The highest BCUT2D eigenvalue weighted by atomic mass is 16.5. The molecule has 26 heavy (non-hydrogen) atoms. The van der Waals surface area contributed by atoms with Crippen molar-refractivity contribution in [2.75, 3.05) is 31.5 Å². The lowest BCUT2D eigenvalue weighted by molar-refractivity contribution is -0.120. The van der Waals surface area contributed by atoms with Gasteiger partial charge in [0, 0.05) is 31.9 Å². The molecule has 2 rings (SSSR count). The zero-order valence-corrected chi connectivity index (χ0v) is 15.9. The average Bonchev–Trinajstić information content (AvgIpc) is 2.59. The van der Waals surface area contributed by atoms with Crippen molar-refractivity contribution < 1.29 is 14.3 Å². The highest BCUT2D eigenvalue weighted by molar-refractivity contribution is 5.92. The molecule has 1 saturated heterocycles. The minimum absolute atomic E-state index is 0.0352. The number of carbonyl (C=O) groups excluding carboxylic acids is 2. The van der Waals surface area contributed by atoms with Crippen LogP contribution >= 0.6 is 0 Å². The highest BCUT2D eigenvalue weighted by Crippen LogP contribution is 2.20. The summed E-state index contributed by atoms with van der Waals surface area (Å²) in [5.41, 5.74) is 1.80. The molecule has 144 valence electrons. The molecular weight excluding hydrogens is 332 g/mol. The van der Waals surface area contributed by atoms with Crippen LogP contribution in [0.2, 0.25) is 0 Å². The lowest BCUT2D eigenvalue weighted by Crippen LogP contribution is -2.45. The molecular formula is C19H30N4O3. The van der Waals surface area contributed by atoms with Gasteiger partial charge >= 0.3 is 6.03 Å². The van der Waals surface area contributed by atoms with Crippen molar-refractivity contribution in [3.05, 3.63) is 29.8 Å². The van der Waals surface area contributed by atoms with Gasteiger partial charge in [-0.2, -0.15) is 0 Å². The van der Waals surface area contributed by atoms with Gasteiger partial charge < -0.3 is 20.7 Å². The molecule has 0 bridgehead atoms. The summed E-state index contributed by atoms with van der Waals surface area (Å²) < 4.78 is 5.77. The summed E-state index contributed by atoms with van der Waals surface area (Å²) in [4.78, 5) is 26.0. The summed E-state index contributed by atoms with van der Waals surface area (Å²) >= 11 is 0. The molecule has 2 unspecified atom stereocenters. The Labute approximate surface area is 155 Å². The van der Waals surface area contributed by atoms with Gasteiger partial charge in [0.1, 0.15) is 0 Å². The summed E-state index contributed by atoms with van der Waals surface area (Å²) in [6.07, 6.45) is 1.26. The first kappa shape index (κ1) is 20.2. The van der Waals surface area contributed by atoms with Crippen LogP contribution in [0.4, 0.5) is 10.5 Å². The number of nitrogens with zero attached hydrogens (tertiary/aromatic N) is 1.